The van der Waals surface area contributed by atoms with Gasteiger partial charge in [0.1, 0.15) is 5.54 Å². The van der Waals surface area contributed by atoms with Gasteiger partial charge in [-0.2, -0.15) is 13.2 Å². The van der Waals surface area contributed by atoms with Crippen molar-refractivity contribution in [3.8, 4) is 0 Å². The Balaban J connectivity index is 2.59. The highest BCUT2D eigenvalue weighted by atomic mass is 19.4. The number of hydrogen-bond acceptors (Lipinski definition) is 3. The molecule has 0 saturated heterocycles. The number of nitrogens with one attached hydrogen (secondary N) is 1. The Hall–Kier alpha value is -0.820. The second-order valence-electron chi connectivity index (χ2n) is 4.32. The van der Waals surface area contributed by atoms with Crippen LogP contribution in [-0.4, -0.2) is 42.0 Å². The summed E-state index contributed by atoms with van der Waals surface area (Å²) in [6, 6.07) is 0. The van der Waals surface area contributed by atoms with Gasteiger partial charge in [0, 0.05) is 6.42 Å². The van der Waals surface area contributed by atoms with E-state index in [1.807, 2.05) is 0 Å². The van der Waals surface area contributed by atoms with Gasteiger partial charge in [-0.15, -0.1) is 0 Å². The van der Waals surface area contributed by atoms with Gasteiger partial charge in [-0.1, -0.05) is 0 Å². The molecule has 1 aliphatic rings. The monoisotopic (exact) mass is 255 g/mol. The minimum atomic E-state index is -4.41. The summed E-state index contributed by atoms with van der Waals surface area (Å²) in [5.74, 6) is -1.05. The Kier molecular flexibility index (Phi) is 4.03. The molecule has 2 N–H and O–H groups in total. The molecule has 0 amide bonds. The molecule has 0 bridgehead atoms. The lowest BCUT2D eigenvalue weighted by atomic mass is 9.98. The summed E-state index contributed by atoms with van der Waals surface area (Å²) in [6.07, 6.45) is -6.31. The molecule has 4 nitrogen and oxygen atoms in total. The minimum Gasteiger partial charge on any atom is -0.480 e. The quantitative estimate of drug-likeness (QED) is 0.800. The smallest absolute Gasteiger partial charge is 0.414 e. The number of likely N-dealkylation sites (N-methyl/N-ethyl adjacent to an activating group) is 1. The molecule has 0 aromatic carbocycles. The number of halogens is 3. The van der Waals surface area contributed by atoms with E-state index in [9.17, 15) is 18.0 Å². The van der Waals surface area contributed by atoms with E-state index in [-0.39, 0.29) is 12.8 Å². The maximum atomic E-state index is 12.3. The second-order valence-corrected chi connectivity index (χ2v) is 4.32. The SMILES string of the molecule is CNC1(C(=O)O)CCC(OC(C)C(F)(F)F)C1. The zero-order chi connectivity index (χ0) is 13.3. The van der Waals surface area contributed by atoms with Crippen LogP contribution in [0.4, 0.5) is 13.2 Å². The van der Waals surface area contributed by atoms with Crippen molar-refractivity contribution in [3.63, 3.8) is 0 Å². The fraction of sp³-hybridized carbons (Fsp3) is 0.900. The van der Waals surface area contributed by atoms with Gasteiger partial charge in [0.25, 0.3) is 0 Å². The lowest BCUT2D eigenvalue weighted by Crippen LogP contribution is -2.48. The number of carbonyl (C=O) groups is 1. The Labute approximate surface area is 97.1 Å². The normalized spacial score (nSPS) is 31.5. The number of aliphatic carboxylic acids is 1. The van der Waals surface area contributed by atoms with Crippen molar-refractivity contribution in [2.75, 3.05) is 7.05 Å². The molecule has 0 spiro atoms. The first-order chi connectivity index (χ1) is 7.71. The molecular formula is C10H16F3NO3. The number of ether oxygens (including phenoxy) is 1. The lowest BCUT2D eigenvalue weighted by Gasteiger charge is -2.25. The molecule has 1 saturated carbocycles. The summed E-state index contributed by atoms with van der Waals surface area (Å²) in [5, 5.41) is 11.7. The van der Waals surface area contributed by atoms with Gasteiger partial charge >= 0.3 is 12.1 Å². The standard InChI is InChI=1S/C10H16F3NO3/c1-6(10(11,12)13)17-7-3-4-9(5-7,14-2)8(15)16/h6-7,14H,3-5H2,1-2H3,(H,15,16). The van der Waals surface area contributed by atoms with Crippen molar-refractivity contribution in [3.05, 3.63) is 0 Å². The molecule has 3 unspecified atom stereocenters. The van der Waals surface area contributed by atoms with Crippen LogP contribution in [0.5, 0.6) is 0 Å². The van der Waals surface area contributed by atoms with Crippen molar-refractivity contribution in [1.29, 1.82) is 0 Å². The molecule has 7 heteroatoms. The van der Waals surface area contributed by atoms with Gasteiger partial charge in [0.05, 0.1) is 6.10 Å². The van der Waals surface area contributed by atoms with Crippen LogP contribution in [-0.2, 0) is 9.53 Å². The van der Waals surface area contributed by atoms with Crippen LogP contribution in [0.25, 0.3) is 0 Å². The van der Waals surface area contributed by atoms with E-state index in [4.69, 9.17) is 9.84 Å². The third-order valence-corrected chi connectivity index (χ3v) is 3.21. The molecule has 1 rings (SSSR count). The largest absolute Gasteiger partial charge is 0.480 e. The van der Waals surface area contributed by atoms with Crippen molar-refractivity contribution >= 4 is 5.97 Å². The zero-order valence-electron chi connectivity index (χ0n) is 9.67. The van der Waals surface area contributed by atoms with Crippen LogP contribution < -0.4 is 5.32 Å². The minimum absolute atomic E-state index is 0.0548. The average molecular weight is 255 g/mol. The van der Waals surface area contributed by atoms with Crippen LogP contribution in [0, 0.1) is 0 Å². The van der Waals surface area contributed by atoms with Crippen molar-refractivity contribution in [1.82, 2.24) is 5.32 Å². The summed E-state index contributed by atoms with van der Waals surface area (Å²) in [6.45, 7) is 0.931. The Bertz CT molecular complexity index is 295. The van der Waals surface area contributed by atoms with Crippen LogP contribution in [0.3, 0.4) is 0 Å². The van der Waals surface area contributed by atoms with Gasteiger partial charge in [-0.05, 0) is 26.8 Å². The third-order valence-electron chi connectivity index (χ3n) is 3.21. The average Bonchev–Trinajstić information content (AvgIpc) is 2.61. The number of rotatable bonds is 4. The van der Waals surface area contributed by atoms with Crippen molar-refractivity contribution < 1.29 is 27.8 Å². The molecule has 1 fully saturated rings. The van der Waals surface area contributed by atoms with E-state index in [2.05, 4.69) is 5.32 Å². The Morgan fingerprint density at radius 1 is 1.59 bits per heavy atom. The van der Waals surface area contributed by atoms with Crippen molar-refractivity contribution in [2.24, 2.45) is 0 Å². The first-order valence-electron chi connectivity index (χ1n) is 5.36. The van der Waals surface area contributed by atoms with Gasteiger partial charge in [-0.25, -0.2) is 0 Å². The van der Waals surface area contributed by atoms with E-state index in [1.165, 1.54) is 7.05 Å². The molecule has 100 valence electrons. The number of carboxylic acid groups (broad SMARTS) is 1. The molecule has 3 atom stereocenters. The predicted molar refractivity (Wildman–Crippen MR) is 53.7 cm³/mol. The van der Waals surface area contributed by atoms with E-state index < -0.39 is 29.9 Å². The van der Waals surface area contributed by atoms with Crippen molar-refractivity contribution in [2.45, 2.75) is 50.1 Å². The number of hydrogen-bond donors (Lipinski definition) is 2. The second kappa shape index (κ2) is 4.81. The molecule has 0 aromatic rings. The predicted octanol–water partition coefficient (Wildman–Crippen LogP) is 1.55. The Morgan fingerprint density at radius 2 is 2.18 bits per heavy atom. The highest BCUT2D eigenvalue weighted by Gasteiger charge is 2.47. The maximum Gasteiger partial charge on any atom is 0.414 e. The van der Waals surface area contributed by atoms with E-state index >= 15 is 0 Å². The summed E-state index contributed by atoms with van der Waals surface area (Å²) in [4.78, 5) is 11.0. The van der Waals surface area contributed by atoms with Crippen LogP contribution in [0.1, 0.15) is 26.2 Å². The first kappa shape index (κ1) is 14.2. The third kappa shape index (κ3) is 3.10. The van der Waals surface area contributed by atoms with Crippen LogP contribution in [0.2, 0.25) is 0 Å². The molecule has 0 aromatic heterocycles. The lowest BCUT2D eigenvalue weighted by molar-refractivity contribution is -0.226. The fourth-order valence-electron chi connectivity index (χ4n) is 2.01. The zero-order valence-corrected chi connectivity index (χ0v) is 9.67. The highest BCUT2D eigenvalue weighted by Crippen LogP contribution is 2.34. The first-order valence-corrected chi connectivity index (χ1v) is 5.36. The van der Waals surface area contributed by atoms with Crippen LogP contribution in [0.15, 0.2) is 0 Å². The van der Waals surface area contributed by atoms with E-state index in [0.717, 1.165) is 6.92 Å². The fourth-order valence-corrected chi connectivity index (χ4v) is 2.01. The Morgan fingerprint density at radius 3 is 2.53 bits per heavy atom. The highest BCUT2D eigenvalue weighted by molar-refractivity contribution is 5.79. The van der Waals surface area contributed by atoms with Crippen LogP contribution >= 0.6 is 0 Å². The van der Waals surface area contributed by atoms with E-state index in [0.29, 0.717) is 6.42 Å². The molecule has 0 radical (unpaired) electrons. The van der Waals surface area contributed by atoms with Gasteiger partial charge in [0.15, 0.2) is 6.10 Å². The molecular weight excluding hydrogens is 239 g/mol. The van der Waals surface area contributed by atoms with Gasteiger partial charge in [0.2, 0.25) is 0 Å². The topological polar surface area (TPSA) is 58.6 Å². The van der Waals surface area contributed by atoms with E-state index in [1.54, 1.807) is 0 Å². The summed E-state index contributed by atoms with van der Waals surface area (Å²) in [5.41, 5.74) is -1.16. The summed E-state index contributed by atoms with van der Waals surface area (Å²) >= 11 is 0. The molecule has 0 heterocycles. The van der Waals surface area contributed by atoms with Gasteiger partial charge < -0.3 is 15.2 Å². The summed E-state index contributed by atoms with van der Waals surface area (Å²) < 4.78 is 41.7. The number of carboxylic acids is 1. The molecule has 0 aliphatic heterocycles. The maximum absolute atomic E-state index is 12.3. The molecule has 17 heavy (non-hydrogen) atoms. The molecule has 1 aliphatic carbocycles. The van der Waals surface area contributed by atoms with Gasteiger partial charge in [-0.3, -0.25) is 4.79 Å². The summed E-state index contributed by atoms with van der Waals surface area (Å²) in [7, 11) is 1.49. The number of alkyl halides is 3.